The summed E-state index contributed by atoms with van der Waals surface area (Å²) < 4.78 is 77.0. The summed E-state index contributed by atoms with van der Waals surface area (Å²) >= 11 is 1.11. The largest absolute Gasteiger partial charge is 0.573 e. The van der Waals surface area contributed by atoms with Gasteiger partial charge in [-0.1, -0.05) is 38.6 Å². The van der Waals surface area contributed by atoms with Gasteiger partial charge in [-0.15, -0.1) is 18.3 Å². The molecule has 0 aliphatic heterocycles. The van der Waals surface area contributed by atoms with Crippen molar-refractivity contribution >= 4 is 40.7 Å². The van der Waals surface area contributed by atoms with Gasteiger partial charge in [0, 0.05) is 0 Å². The monoisotopic (exact) mass is 676 g/mol. The van der Waals surface area contributed by atoms with E-state index in [0.29, 0.717) is 40.2 Å². The molecule has 1 aromatic heterocycles. The van der Waals surface area contributed by atoms with Crippen molar-refractivity contribution in [1.29, 1.82) is 0 Å². The van der Waals surface area contributed by atoms with Crippen molar-refractivity contribution in [3.63, 3.8) is 0 Å². The normalized spacial score (nSPS) is 11.8. The van der Waals surface area contributed by atoms with Crippen LogP contribution in [0.3, 0.4) is 0 Å². The lowest BCUT2D eigenvalue weighted by atomic mass is 9.98. The van der Waals surface area contributed by atoms with Crippen LogP contribution in [0, 0.1) is 18.6 Å². The lowest BCUT2D eigenvalue weighted by Crippen LogP contribution is -2.30. The van der Waals surface area contributed by atoms with Gasteiger partial charge in [-0.05, 0) is 83.8 Å². The van der Waals surface area contributed by atoms with Gasteiger partial charge in [0.25, 0.3) is 0 Å². The standard InChI is InChI=1S/C31H29F5N6O4S/c1-5-47-30(41(17-43)27-12-19(4)24(32)14-23(27)18(2)3)39-28(44)38-26-11-6-20(13-25(26)33)15-45-29-37-16-42(40-29)21-7-9-22(10-8-21)46-31(34,35)36/h6-14,16-18H,5,15H2,1-4H3,(H,38,44). The average Bonchev–Trinajstić information content (AvgIpc) is 3.48. The number of ether oxygens (including phenoxy) is 2. The molecule has 10 nitrogen and oxygen atoms in total. The van der Waals surface area contributed by atoms with Gasteiger partial charge in [0.15, 0.2) is 5.17 Å². The van der Waals surface area contributed by atoms with E-state index in [2.05, 4.69) is 25.1 Å². The maximum Gasteiger partial charge on any atom is 0.573 e. The molecule has 1 heterocycles. The van der Waals surface area contributed by atoms with Crippen LogP contribution in [-0.2, 0) is 11.4 Å². The second kappa shape index (κ2) is 15.1. The zero-order valence-corrected chi connectivity index (χ0v) is 26.3. The SMILES string of the molecule is CCSC(=NC(=O)Nc1ccc(COc2ncn(-c3ccc(OC(F)(F)F)cc3)n2)cc1F)N(C=O)c1cc(C)c(F)cc1C(C)C. The van der Waals surface area contributed by atoms with Crippen molar-refractivity contribution in [3.05, 3.63) is 89.2 Å². The molecule has 4 rings (SSSR count). The minimum absolute atomic E-state index is 0.0239. The quantitative estimate of drug-likeness (QED) is 0.0791. The Morgan fingerprint density at radius 1 is 1.11 bits per heavy atom. The number of urea groups is 1. The van der Waals surface area contributed by atoms with E-state index >= 15 is 0 Å². The molecule has 0 bridgehead atoms. The van der Waals surface area contributed by atoms with Crippen LogP contribution in [-0.4, -0.2) is 44.5 Å². The maximum atomic E-state index is 15.0. The number of benzene rings is 3. The molecule has 3 aromatic carbocycles. The summed E-state index contributed by atoms with van der Waals surface area (Å²) in [5, 5.41) is 6.49. The molecule has 0 saturated heterocycles. The molecule has 0 spiro atoms. The fraction of sp³-hybridized carbons (Fsp3) is 0.258. The van der Waals surface area contributed by atoms with E-state index in [1.165, 1.54) is 52.3 Å². The van der Waals surface area contributed by atoms with Crippen LogP contribution in [0.1, 0.15) is 43.4 Å². The highest BCUT2D eigenvalue weighted by atomic mass is 32.2. The number of nitrogens with zero attached hydrogens (tertiary/aromatic N) is 5. The zero-order valence-electron chi connectivity index (χ0n) is 25.5. The number of rotatable bonds is 10. The number of hydrogen-bond donors (Lipinski definition) is 1. The highest BCUT2D eigenvalue weighted by Crippen LogP contribution is 2.32. The van der Waals surface area contributed by atoms with E-state index in [1.54, 1.807) is 13.8 Å². The maximum absolute atomic E-state index is 15.0. The first-order valence-electron chi connectivity index (χ1n) is 14.0. The molecule has 0 saturated carbocycles. The van der Waals surface area contributed by atoms with Crippen LogP contribution in [0.15, 0.2) is 65.9 Å². The van der Waals surface area contributed by atoms with Gasteiger partial charge in [0.05, 0.1) is 17.1 Å². The molecule has 248 valence electrons. The molecule has 0 unspecified atom stereocenters. The number of carbonyl (C=O) groups excluding carboxylic acids is 2. The smallest absolute Gasteiger partial charge is 0.458 e. The first kappa shape index (κ1) is 34.9. The summed E-state index contributed by atoms with van der Waals surface area (Å²) in [6, 6.07) is 10.7. The lowest BCUT2D eigenvalue weighted by Gasteiger charge is -2.24. The first-order valence-corrected chi connectivity index (χ1v) is 15.0. The summed E-state index contributed by atoms with van der Waals surface area (Å²) in [5.74, 6) is -1.30. The molecule has 3 amide bonds. The number of hydrogen-bond acceptors (Lipinski definition) is 7. The minimum atomic E-state index is -4.81. The molecule has 0 aliphatic rings. The van der Waals surface area contributed by atoms with Crippen LogP contribution in [0.4, 0.5) is 38.1 Å². The number of alkyl halides is 3. The Hall–Kier alpha value is -4.99. The molecule has 4 aromatic rings. The molecule has 0 fully saturated rings. The van der Waals surface area contributed by atoms with Gasteiger partial charge in [-0.2, -0.15) is 9.98 Å². The Balaban J connectivity index is 1.42. The van der Waals surface area contributed by atoms with E-state index in [-0.39, 0.29) is 29.4 Å². The topological polar surface area (TPSA) is 111 Å². The number of nitrogens with one attached hydrogen (secondary N) is 1. The molecular weight excluding hydrogens is 647 g/mol. The van der Waals surface area contributed by atoms with Crippen LogP contribution < -0.4 is 19.7 Å². The summed E-state index contributed by atoms with van der Waals surface area (Å²) in [7, 11) is 0. The fourth-order valence-corrected chi connectivity index (χ4v) is 4.90. The molecule has 0 atom stereocenters. The number of aromatic nitrogens is 3. The van der Waals surface area contributed by atoms with Gasteiger partial charge >= 0.3 is 18.4 Å². The Morgan fingerprint density at radius 3 is 2.45 bits per heavy atom. The van der Waals surface area contributed by atoms with Crippen molar-refractivity contribution < 1.29 is 41.0 Å². The molecule has 0 aliphatic carbocycles. The third kappa shape index (κ3) is 9.28. The Kier molecular flexibility index (Phi) is 11.2. The molecular formula is C31H29F5N6O4S. The van der Waals surface area contributed by atoms with Gasteiger partial charge in [0.1, 0.15) is 30.3 Å². The number of aryl methyl sites for hydroxylation is 1. The molecule has 47 heavy (non-hydrogen) atoms. The molecule has 1 N–H and O–H groups in total. The lowest BCUT2D eigenvalue weighted by molar-refractivity contribution is -0.274. The number of anilines is 2. The summed E-state index contributed by atoms with van der Waals surface area (Å²) in [6.07, 6.45) is -3.04. The van der Waals surface area contributed by atoms with Crippen molar-refractivity contribution in [2.24, 2.45) is 4.99 Å². The van der Waals surface area contributed by atoms with Gasteiger partial charge in [-0.3, -0.25) is 9.69 Å². The second-order valence-electron chi connectivity index (χ2n) is 10.2. The third-order valence-electron chi connectivity index (χ3n) is 6.42. The third-order valence-corrected chi connectivity index (χ3v) is 7.26. The highest BCUT2D eigenvalue weighted by molar-refractivity contribution is 8.14. The van der Waals surface area contributed by atoms with Crippen LogP contribution in [0.2, 0.25) is 0 Å². The Morgan fingerprint density at radius 2 is 1.83 bits per heavy atom. The number of amidine groups is 1. The number of carbonyl (C=O) groups is 2. The van der Waals surface area contributed by atoms with E-state index in [9.17, 15) is 31.5 Å². The van der Waals surface area contributed by atoms with Crippen LogP contribution in [0.5, 0.6) is 11.8 Å². The zero-order chi connectivity index (χ0) is 34.3. The van der Waals surface area contributed by atoms with Gasteiger partial charge < -0.3 is 14.8 Å². The second-order valence-corrected chi connectivity index (χ2v) is 11.4. The highest BCUT2D eigenvalue weighted by Gasteiger charge is 2.31. The predicted octanol–water partition coefficient (Wildman–Crippen LogP) is 7.76. The van der Waals surface area contributed by atoms with Gasteiger partial charge in [0.2, 0.25) is 6.41 Å². The van der Waals surface area contributed by atoms with E-state index in [0.717, 1.165) is 30.0 Å². The predicted molar refractivity (Wildman–Crippen MR) is 167 cm³/mol. The summed E-state index contributed by atoms with van der Waals surface area (Å²) in [6.45, 7) is 6.90. The van der Waals surface area contributed by atoms with Crippen molar-refractivity contribution in [2.75, 3.05) is 16.0 Å². The summed E-state index contributed by atoms with van der Waals surface area (Å²) in [4.78, 5) is 34.2. The minimum Gasteiger partial charge on any atom is -0.458 e. The number of aliphatic imine (C=N–C) groups is 1. The van der Waals surface area contributed by atoms with Crippen molar-refractivity contribution in [1.82, 2.24) is 14.8 Å². The molecule has 0 radical (unpaired) electrons. The van der Waals surface area contributed by atoms with E-state index in [4.69, 9.17) is 4.74 Å². The van der Waals surface area contributed by atoms with E-state index < -0.39 is 29.8 Å². The van der Waals surface area contributed by atoms with Crippen LogP contribution in [0.25, 0.3) is 5.69 Å². The average molecular weight is 677 g/mol. The Labute approximate surface area is 270 Å². The summed E-state index contributed by atoms with van der Waals surface area (Å²) in [5.41, 5.74) is 1.82. The first-order chi connectivity index (χ1) is 22.3. The van der Waals surface area contributed by atoms with Gasteiger partial charge in [-0.25, -0.2) is 18.3 Å². The van der Waals surface area contributed by atoms with Crippen LogP contribution >= 0.6 is 11.8 Å². The molecule has 16 heteroatoms. The van der Waals surface area contributed by atoms with Crippen molar-refractivity contribution in [3.8, 4) is 17.4 Å². The van der Waals surface area contributed by atoms with E-state index in [1.807, 2.05) is 13.8 Å². The number of halogens is 5. The van der Waals surface area contributed by atoms with Crippen molar-refractivity contribution in [2.45, 2.75) is 46.6 Å². The Bertz CT molecular complexity index is 1760. The number of amides is 3. The number of thioether (sulfide) groups is 1. The fourth-order valence-electron chi connectivity index (χ4n) is 4.21.